The number of fused-ring (bicyclic) bond motifs is 2. The standard InChI is InChI=1S/C30H36N8O2/c1-6-19-16-23(36-38(19)5)25-33-24-21(13-14-31-26(24)34-25)18-11-12-20-17(15-18)9-7-8-10-22(20)32-27(39)28-35-29(37-40-28)30(2,3)4/h11,13-16,20,22H,6-10,12H2,1-5H3,(H,32,39)(H,31,33,34)/t20?,22-/m0/s1. The second-order valence-electron chi connectivity index (χ2n) is 11.9. The molecule has 1 saturated carbocycles. The molecule has 2 N–H and O–H groups in total. The minimum atomic E-state index is -0.301. The number of carbonyl (C=O) groups is 1. The highest BCUT2D eigenvalue weighted by atomic mass is 16.5. The maximum Gasteiger partial charge on any atom is 0.315 e. The molecule has 40 heavy (non-hydrogen) atoms. The molecular weight excluding hydrogens is 504 g/mol. The average molecular weight is 541 g/mol. The number of imidazole rings is 1. The molecule has 10 heteroatoms. The summed E-state index contributed by atoms with van der Waals surface area (Å²) >= 11 is 0. The summed E-state index contributed by atoms with van der Waals surface area (Å²) in [5.74, 6) is 1.21. The quantitative estimate of drug-likeness (QED) is 0.351. The van der Waals surface area contributed by atoms with E-state index in [9.17, 15) is 4.79 Å². The van der Waals surface area contributed by atoms with Gasteiger partial charge in [0.15, 0.2) is 17.3 Å². The van der Waals surface area contributed by atoms with Crippen LogP contribution >= 0.6 is 0 Å². The predicted molar refractivity (Wildman–Crippen MR) is 152 cm³/mol. The molecule has 2 aliphatic rings. The van der Waals surface area contributed by atoms with E-state index in [1.807, 2.05) is 44.8 Å². The third kappa shape index (κ3) is 4.87. The number of aromatic nitrogens is 7. The number of aryl methyl sites for hydroxylation is 2. The van der Waals surface area contributed by atoms with Gasteiger partial charge in [0.25, 0.3) is 0 Å². The van der Waals surface area contributed by atoms with Gasteiger partial charge in [0.1, 0.15) is 11.2 Å². The molecule has 1 unspecified atom stereocenters. The lowest BCUT2D eigenvalue weighted by Crippen LogP contribution is -2.41. The maximum absolute atomic E-state index is 13.1. The first-order chi connectivity index (χ1) is 19.2. The van der Waals surface area contributed by atoms with E-state index in [0.717, 1.165) is 78.0 Å². The minimum absolute atomic E-state index is 0.00963. The number of nitrogens with zero attached hydrogens (tertiary/aromatic N) is 6. The zero-order valence-electron chi connectivity index (χ0n) is 23.8. The van der Waals surface area contributed by atoms with Gasteiger partial charge in [0, 0.05) is 41.9 Å². The SMILES string of the molecule is CCc1cc(-c2nc3c(C4=CCC5C(=C4)CCCC[C@@H]5NC(=O)c4nc(C(C)(C)C)no4)ccnc3[nH]2)nn1C. The van der Waals surface area contributed by atoms with Gasteiger partial charge in [0.2, 0.25) is 0 Å². The Labute approximate surface area is 233 Å². The fourth-order valence-electron chi connectivity index (χ4n) is 5.77. The van der Waals surface area contributed by atoms with E-state index in [1.165, 1.54) is 5.57 Å². The number of allylic oxidation sites excluding steroid dienone is 3. The number of pyridine rings is 1. The third-order valence-electron chi connectivity index (χ3n) is 8.01. The highest BCUT2D eigenvalue weighted by Gasteiger charge is 2.32. The van der Waals surface area contributed by atoms with Crippen molar-refractivity contribution in [1.29, 1.82) is 0 Å². The molecule has 0 bridgehead atoms. The van der Waals surface area contributed by atoms with Crippen LogP contribution in [0.2, 0.25) is 0 Å². The molecule has 1 fully saturated rings. The molecule has 0 spiro atoms. The van der Waals surface area contributed by atoms with E-state index >= 15 is 0 Å². The first-order valence-electron chi connectivity index (χ1n) is 14.2. The number of aromatic amines is 1. The van der Waals surface area contributed by atoms with Crippen LogP contribution in [0.3, 0.4) is 0 Å². The third-order valence-corrected chi connectivity index (χ3v) is 8.01. The van der Waals surface area contributed by atoms with Crippen LogP contribution in [0.4, 0.5) is 0 Å². The van der Waals surface area contributed by atoms with Gasteiger partial charge < -0.3 is 14.8 Å². The van der Waals surface area contributed by atoms with Crippen molar-refractivity contribution in [3.05, 3.63) is 59.0 Å². The summed E-state index contributed by atoms with van der Waals surface area (Å²) in [5.41, 5.74) is 6.83. The van der Waals surface area contributed by atoms with Crippen LogP contribution in [0.25, 0.3) is 28.3 Å². The number of H-pyrrole nitrogens is 1. The Morgan fingerprint density at radius 2 is 2.10 bits per heavy atom. The summed E-state index contributed by atoms with van der Waals surface area (Å²) in [6, 6.07) is 4.11. The number of carbonyl (C=O) groups excluding carboxylic acids is 1. The fourth-order valence-corrected chi connectivity index (χ4v) is 5.77. The lowest BCUT2D eigenvalue weighted by atomic mass is 9.81. The number of amides is 1. The van der Waals surface area contributed by atoms with Gasteiger partial charge in [0.05, 0.1) is 0 Å². The van der Waals surface area contributed by atoms with Crippen LogP contribution in [-0.4, -0.2) is 46.8 Å². The Morgan fingerprint density at radius 3 is 2.85 bits per heavy atom. The molecule has 6 rings (SSSR count). The van der Waals surface area contributed by atoms with Crippen molar-refractivity contribution in [3.63, 3.8) is 0 Å². The van der Waals surface area contributed by atoms with Crippen LogP contribution < -0.4 is 5.32 Å². The van der Waals surface area contributed by atoms with Gasteiger partial charge >= 0.3 is 11.8 Å². The van der Waals surface area contributed by atoms with Gasteiger partial charge in [-0.3, -0.25) is 9.48 Å². The number of hydrogen-bond acceptors (Lipinski definition) is 7. The lowest BCUT2D eigenvalue weighted by molar-refractivity contribution is 0.0879. The highest BCUT2D eigenvalue weighted by Crippen LogP contribution is 2.39. The van der Waals surface area contributed by atoms with Gasteiger partial charge in [-0.1, -0.05) is 57.0 Å². The Morgan fingerprint density at radius 1 is 1.25 bits per heavy atom. The Bertz CT molecular complexity index is 1630. The highest BCUT2D eigenvalue weighted by molar-refractivity contribution is 5.92. The monoisotopic (exact) mass is 540 g/mol. The van der Waals surface area contributed by atoms with Crippen LogP contribution in [0, 0.1) is 5.92 Å². The van der Waals surface area contributed by atoms with Crippen molar-refractivity contribution in [2.75, 3.05) is 0 Å². The van der Waals surface area contributed by atoms with Crippen LogP contribution in [0.5, 0.6) is 0 Å². The number of rotatable bonds is 5. The summed E-state index contributed by atoms with van der Waals surface area (Å²) in [7, 11) is 1.96. The molecule has 4 aromatic heterocycles. The van der Waals surface area contributed by atoms with Gasteiger partial charge in [-0.2, -0.15) is 10.1 Å². The fraction of sp³-hybridized carbons (Fsp3) is 0.467. The zero-order valence-corrected chi connectivity index (χ0v) is 23.8. The molecule has 2 aliphatic carbocycles. The van der Waals surface area contributed by atoms with E-state index in [1.54, 1.807) is 0 Å². The van der Waals surface area contributed by atoms with Crippen LogP contribution in [0.1, 0.15) is 87.6 Å². The van der Waals surface area contributed by atoms with Gasteiger partial charge in [-0.15, -0.1) is 0 Å². The average Bonchev–Trinajstić information content (AvgIpc) is 3.65. The molecule has 4 aromatic rings. The van der Waals surface area contributed by atoms with Crippen molar-refractivity contribution < 1.29 is 9.32 Å². The molecular formula is C30H36N8O2. The van der Waals surface area contributed by atoms with Crippen molar-refractivity contribution in [1.82, 2.24) is 40.2 Å². The van der Waals surface area contributed by atoms with E-state index in [4.69, 9.17) is 9.51 Å². The first kappa shape index (κ1) is 26.2. The number of nitrogens with one attached hydrogen (secondary N) is 2. The Balaban J connectivity index is 1.25. The van der Waals surface area contributed by atoms with Crippen molar-refractivity contribution in [2.24, 2.45) is 13.0 Å². The Kier molecular flexibility index (Phi) is 6.64. The molecule has 0 aromatic carbocycles. The first-order valence-corrected chi connectivity index (χ1v) is 14.2. The molecule has 1 amide bonds. The summed E-state index contributed by atoms with van der Waals surface area (Å²) in [6.45, 7) is 8.10. The predicted octanol–water partition coefficient (Wildman–Crippen LogP) is 5.30. The maximum atomic E-state index is 13.1. The smallest absolute Gasteiger partial charge is 0.315 e. The minimum Gasteiger partial charge on any atom is -0.344 e. The summed E-state index contributed by atoms with van der Waals surface area (Å²) in [6.07, 6.45) is 12.2. The van der Waals surface area contributed by atoms with Gasteiger partial charge in [-0.05, 0) is 49.8 Å². The molecule has 2 atom stereocenters. The second kappa shape index (κ2) is 10.1. The molecule has 4 heterocycles. The summed E-state index contributed by atoms with van der Waals surface area (Å²) in [4.78, 5) is 30.3. The summed E-state index contributed by atoms with van der Waals surface area (Å²) < 4.78 is 7.20. The van der Waals surface area contributed by atoms with E-state index in [-0.39, 0.29) is 29.2 Å². The topological polar surface area (TPSA) is 127 Å². The van der Waals surface area contributed by atoms with Crippen molar-refractivity contribution in [3.8, 4) is 11.5 Å². The van der Waals surface area contributed by atoms with Crippen LogP contribution in [0.15, 0.2) is 40.6 Å². The van der Waals surface area contributed by atoms with E-state index in [2.05, 4.69) is 55.7 Å². The van der Waals surface area contributed by atoms with E-state index < -0.39 is 0 Å². The molecule has 0 saturated heterocycles. The number of hydrogen-bond donors (Lipinski definition) is 2. The second-order valence-corrected chi connectivity index (χ2v) is 11.9. The Hall–Kier alpha value is -4.08. The van der Waals surface area contributed by atoms with Crippen molar-refractivity contribution in [2.45, 2.75) is 77.7 Å². The normalized spacial score (nSPS) is 19.6. The zero-order chi connectivity index (χ0) is 28.0. The molecule has 0 aliphatic heterocycles. The van der Waals surface area contributed by atoms with Gasteiger partial charge in [-0.25, -0.2) is 9.97 Å². The lowest BCUT2D eigenvalue weighted by Gasteiger charge is -2.29. The summed E-state index contributed by atoms with van der Waals surface area (Å²) in [5, 5.41) is 11.9. The molecule has 0 radical (unpaired) electrons. The molecule has 10 nitrogen and oxygen atoms in total. The molecule has 208 valence electrons. The van der Waals surface area contributed by atoms with E-state index in [0.29, 0.717) is 5.82 Å². The van der Waals surface area contributed by atoms with Crippen molar-refractivity contribution >= 4 is 22.6 Å². The van der Waals surface area contributed by atoms with Crippen LogP contribution in [-0.2, 0) is 18.9 Å². The largest absolute Gasteiger partial charge is 0.344 e.